The highest BCUT2D eigenvalue weighted by atomic mass is 35.5. The van der Waals surface area contributed by atoms with Gasteiger partial charge in [-0.15, -0.1) is 0 Å². The molecule has 0 radical (unpaired) electrons. The van der Waals surface area contributed by atoms with Gasteiger partial charge < -0.3 is 0 Å². The molecule has 20 heavy (non-hydrogen) atoms. The van der Waals surface area contributed by atoms with Crippen molar-refractivity contribution in [3.63, 3.8) is 0 Å². The number of nitrogens with one attached hydrogen (secondary N) is 1. The highest BCUT2D eigenvalue weighted by Gasteiger charge is 2.34. The van der Waals surface area contributed by atoms with Crippen LogP contribution in [0.2, 0.25) is 5.02 Å². The summed E-state index contributed by atoms with van der Waals surface area (Å²) < 4.78 is 38.6. The number of hydrogen-bond donors (Lipinski definition) is 1. The first-order valence-corrected chi connectivity index (χ1v) is 6.22. The van der Waals surface area contributed by atoms with Gasteiger partial charge in [-0.05, 0) is 31.0 Å². The lowest BCUT2D eigenvalue weighted by Crippen LogP contribution is -2.21. The predicted molar refractivity (Wildman–Crippen MR) is 70.1 cm³/mol. The van der Waals surface area contributed by atoms with E-state index < -0.39 is 23.5 Å². The van der Waals surface area contributed by atoms with Gasteiger partial charge in [-0.1, -0.05) is 23.7 Å². The molecule has 0 fully saturated rings. The van der Waals surface area contributed by atoms with Crippen molar-refractivity contribution < 1.29 is 13.2 Å². The van der Waals surface area contributed by atoms with E-state index in [1.165, 1.54) is 0 Å². The Hall–Kier alpha value is -1.69. The molecule has 0 amide bonds. The molecule has 2 aromatic rings. The molecule has 1 aromatic heterocycles. The Bertz CT molecular complexity index is 688. The largest absolute Gasteiger partial charge is 0.432 e. The third kappa shape index (κ3) is 2.75. The molecule has 1 unspecified atom stereocenters. The number of hydrogen-bond acceptors (Lipinski definition) is 1. The van der Waals surface area contributed by atoms with Crippen LogP contribution >= 0.6 is 11.6 Å². The molecule has 0 saturated heterocycles. The van der Waals surface area contributed by atoms with Crippen LogP contribution in [0.5, 0.6) is 0 Å². The number of nitrogens with zero attached hydrogens (tertiary/aromatic N) is 1. The van der Waals surface area contributed by atoms with E-state index in [1.54, 1.807) is 25.1 Å². The van der Waals surface area contributed by atoms with Crippen LogP contribution < -0.4 is 5.56 Å². The van der Waals surface area contributed by atoms with Crippen molar-refractivity contribution in [1.82, 2.24) is 9.78 Å². The summed E-state index contributed by atoms with van der Waals surface area (Å²) in [5, 5.41) is 2.59. The van der Waals surface area contributed by atoms with Crippen LogP contribution in [-0.2, 0) is 6.18 Å². The number of aromatic amines is 1. The van der Waals surface area contributed by atoms with Gasteiger partial charge in [0.2, 0.25) is 0 Å². The molecule has 3 nitrogen and oxygen atoms in total. The molecule has 2 rings (SSSR count). The fraction of sp³-hybridized carbons (Fsp3) is 0.308. The Labute approximate surface area is 118 Å². The number of aromatic nitrogens is 2. The van der Waals surface area contributed by atoms with Crippen molar-refractivity contribution in [3.05, 3.63) is 56.5 Å². The Morgan fingerprint density at radius 3 is 2.45 bits per heavy atom. The summed E-state index contributed by atoms with van der Waals surface area (Å²) in [6, 6.07) is 5.10. The molecule has 1 atom stereocenters. The SMILES string of the molecule is Cc1ccc(C(C)n2[nH]c(C(F)(F)F)cc2=O)cc1Cl. The van der Waals surface area contributed by atoms with Crippen molar-refractivity contribution in [2.24, 2.45) is 0 Å². The summed E-state index contributed by atoms with van der Waals surface area (Å²) in [6.07, 6.45) is -4.57. The fourth-order valence-electron chi connectivity index (χ4n) is 1.86. The number of aryl methyl sites for hydroxylation is 1. The number of benzene rings is 1. The summed E-state index contributed by atoms with van der Waals surface area (Å²) >= 11 is 5.99. The first-order chi connectivity index (χ1) is 9.20. The van der Waals surface area contributed by atoms with E-state index >= 15 is 0 Å². The minimum Gasteiger partial charge on any atom is -0.291 e. The second kappa shape index (κ2) is 5.01. The van der Waals surface area contributed by atoms with Gasteiger partial charge in [-0.3, -0.25) is 9.89 Å². The lowest BCUT2D eigenvalue weighted by atomic mass is 10.1. The van der Waals surface area contributed by atoms with Crippen molar-refractivity contribution in [2.75, 3.05) is 0 Å². The zero-order valence-electron chi connectivity index (χ0n) is 10.8. The van der Waals surface area contributed by atoms with Crippen LogP contribution in [0.1, 0.15) is 29.8 Å². The first kappa shape index (κ1) is 14.7. The number of halogens is 4. The van der Waals surface area contributed by atoms with Gasteiger partial charge in [0.15, 0.2) is 0 Å². The van der Waals surface area contributed by atoms with Crippen molar-refractivity contribution in [2.45, 2.75) is 26.1 Å². The van der Waals surface area contributed by atoms with Crippen LogP contribution in [-0.4, -0.2) is 9.78 Å². The molecular weight excluding hydrogens is 293 g/mol. The number of H-pyrrole nitrogens is 1. The normalized spacial score (nSPS) is 13.5. The average Bonchev–Trinajstić information content (AvgIpc) is 2.74. The third-order valence-corrected chi connectivity index (χ3v) is 3.52. The summed E-state index contributed by atoms with van der Waals surface area (Å²) in [6.45, 7) is 3.44. The van der Waals surface area contributed by atoms with Gasteiger partial charge in [0.05, 0.1) is 6.04 Å². The van der Waals surface area contributed by atoms with Gasteiger partial charge in [-0.2, -0.15) is 13.2 Å². The molecule has 108 valence electrons. The first-order valence-electron chi connectivity index (χ1n) is 5.85. The Morgan fingerprint density at radius 1 is 1.30 bits per heavy atom. The summed E-state index contributed by atoms with van der Waals surface area (Å²) in [5.41, 5.74) is -0.287. The highest BCUT2D eigenvalue weighted by Crippen LogP contribution is 2.28. The molecular formula is C13H12ClF3N2O. The van der Waals surface area contributed by atoms with Gasteiger partial charge in [0.1, 0.15) is 5.69 Å². The van der Waals surface area contributed by atoms with Crippen LogP contribution in [0.4, 0.5) is 13.2 Å². The van der Waals surface area contributed by atoms with Crippen LogP contribution in [0, 0.1) is 6.92 Å². The zero-order valence-corrected chi connectivity index (χ0v) is 11.5. The van der Waals surface area contributed by atoms with Gasteiger partial charge in [-0.25, -0.2) is 4.68 Å². The molecule has 0 aliphatic carbocycles. The summed E-state index contributed by atoms with van der Waals surface area (Å²) in [5.74, 6) is 0. The quantitative estimate of drug-likeness (QED) is 0.901. The number of rotatable bonds is 2. The number of alkyl halides is 3. The van der Waals surface area contributed by atoms with Crippen LogP contribution in [0.15, 0.2) is 29.1 Å². The van der Waals surface area contributed by atoms with E-state index in [1.807, 2.05) is 6.92 Å². The Balaban J connectivity index is 2.43. The van der Waals surface area contributed by atoms with E-state index in [2.05, 4.69) is 5.10 Å². The second-order valence-electron chi connectivity index (χ2n) is 4.56. The van der Waals surface area contributed by atoms with Crippen LogP contribution in [0.3, 0.4) is 0 Å². The molecule has 0 spiro atoms. The molecule has 0 saturated carbocycles. The highest BCUT2D eigenvalue weighted by molar-refractivity contribution is 6.31. The smallest absolute Gasteiger partial charge is 0.291 e. The van der Waals surface area contributed by atoms with E-state index in [-0.39, 0.29) is 0 Å². The van der Waals surface area contributed by atoms with Gasteiger partial charge in [0, 0.05) is 11.1 Å². The zero-order chi connectivity index (χ0) is 15.1. The predicted octanol–water partition coefficient (Wildman–Crippen LogP) is 3.77. The lowest BCUT2D eigenvalue weighted by Gasteiger charge is -2.14. The Morgan fingerprint density at radius 2 is 1.95 bits per heavy atom. The third-order valence-electron chi connectivity index (χ3n) is 3.12. The molecule has 1 heterocycles. The van der Waals surface area contributed by atoms with E-state index in [4.69, 9.17) is 11.6 Å². The maximum Gasteiger partial charge on any atom is 0.432 e. The minimum atomic E-state index is -4.57. The standard InChI is InChI=1S/C13H12ClF3N2O/c1-7-3-4-9(5-10(7)14)8(2)19-12(20)6-11(18-19)13(15,16)17/h3-6,8,18H,1-2H3. The van der Waals surface area contributed by atoms with Gasteiger partial charge in [0.25, 0.3) is 5.56 Å². The van der Waals surface area contributed by atoms with E-state index in [9.17, 15) is 18.0 Å². The second-order valence-corrected chi connectivity index (χ2v) is 4.97. The molecule has 7 heteroatoms. The lowest BCUT2D eigenvalue weighted by molar-refractivity contribution is -0.141. The topological polar surface area (TPSA) is 37.8 Å². The minimum absolute atomic E-state index is 0.505. The van der Waals surface area contributed by atoms with Crippen molar-refractivity contribution in [1.29, 1.82) is 0 Å². The molecule has 1 N–H and O–H groups in total. The van der Waals surface area contributed by atoms with Crippen molar-refractivity contribution in [3.8, 4) is 0 Å². The summed E-state index contributed by atoms with van der Waals surface area (Å²) in [4.78, 5) is 11.7. The van der Waals surface area contributed by atoms with E-state index in [0.29, 0.717) is 16.7 Å². The molecule has 1 aromatic carbocycles. The van der Waals surface area contributed by atoms with Gasteiger partial charge >= 0.3 is 6.18 Å². The van der Waals surface area contributed by atoms with Crippen LogP contribution in [0.25, 0.3) is 0 Å². The molecule has 0 aliphatic heterocycles. The average molecular weight is 305 g/mol. The maximum atomic E-state index is 12.6. The van der Waals surface area contributed by atoms with Crippen molar-refractivity contribution >= 4 is 11.6 Å². The monoisotopic (exact) mass is 304 g/mol. The maximum absolute atomic E-state index is 12.6. The molecule has 0 aliphatic rings. The van der Waals surface area contributed by atoms with E-state index in [0.717, 1.165) is 10.2 Å². The fourth-order valence-corrected chi connectivity index (χ4v) is 2.05. The Kier molecular flexibility index (Phi) is 3.69. The summed E-state index contributed by atoms with van der Waals surface area (Å²) in [7, 11) is 0. The molecule has 0 bridgehead atoms.